The van der Waals surface area contributed by atoms with Gasteiger partial charge in [-0.2, -0.15) is 5.10 Å². The highest BCUT2D eigenvalue weighted by Crippen LogP contribution is 2.26. The summed E-state index contributed by atoms with van der Waals surface area (Å²) in [7, 11) is 1.83. The first kappa shape index (κ1) is 19.6. The molecular formula is C22H31N3O2. The minimum absolute atomic E-state index is 0.0192. The molecule has 1 aliphatic carbocycles. The van der Waals surface area contributed by atoms with Gasteiger partial charge in [0.1, 0.15) is 5.69 Å². The van der Waals surface area contributed by atoms with Crippen LogP contribution in [-0.2, 0) is 13.5 Å². The van der Waals surface area contributed by atoms with Crippen LogP contribution in [0.1, 0.15) is 73.3 Å². The van der Waals surface area contributed by atoms with Gasteiger partial charge in [0, 0.05) is 13.1 Å². The van der Waals surface area contributed by atoms with Crippen LogP contribution >= 0.6 is 0 Å². The highest BCUT2D eigenvalue weighted by atomic mass is 16.3. The summed E-state index contributed by atoms with van der Waals surface area (Å²) in [6, 6.07) is 11.7. The molecule has 1 saturated carbocycles. The molecule has 0 radical (unpaired) electrons. The smallest absolute Gasteiger partial charge is 0.272 e. The van der Waals surface area contributed by atoms with E-state index in [1.807, 2.05) is 48.3 Å². The van der Waals surface area contributed by atoms with Gasteiger partial charge in [-0.05, 0) is 30.9 Å². The SMILES string of the molecule is CCCc1cc(C(=O)N(CC(O)c2ccccc2)C2CCCCC2)n(C)n1. The van der Waals surface area contributed by atoms with Crippen molar-refractivity contribution in [3.05, 3.63) is 53.3 Å². The van der Waals surface area contributed by atoms with E-state index < -0.39 is 6.10 Å². The topological polar surface area (TPSA) is 58.4 Å². The lowest BCUT2D eigenvalue weighted by Gasteiger charge is -2.35. The Bertz CT molecular complexity index is 735. The fourth-order valence-corrected chi connectivity index (χ4v) is 4.01. The Morgan fingerprint density at radius 3 is 2.63 bits per heavy atom. The first-order valence-electron chi connectivity index (χ1n) is 10.2. The number of carbonyl (C=O) groups excluding carboxylic acids is 1. The van der Waals surface area contributed by atoms with Crippen LogP contribution in [0.2, 0.25) is 0 Å². The number of aromatic nitrogens is 2. The standard InChI is InChI=1S/C22H31N3O2/c1-3-10-18-15-20(24(2)23-18)22(27)25(19-13-8-5-9-14-19)16-21(26)17-11-6-4-7-12-17/h4,6-7,11-12,15,19,21,26H,3,5,8-10,13-14,16H2,1-2H3. The largest absolute Gasteiger partial charge is 0.387 e. The third kappa shape index (κ3) is 4.78. The Hall–Kier alpha value is -2.14. The maximum atomic E-state index is 13.4. The summed E-state index contributed by atoms with van der Waals surface area (Å²) in [6.07, 6.45) is 6.72. The number of rotatable bonds is 7. The van der Waals surface area contributed by atoms with Crippen molar-refractivity contribution in [3.63, 3.8) is 0 Å². The highest BCUT2D eigenvalue weighted by Gasteiger charge is 2.30. The third-order valence-electron chi connectivity index (χ3n) is 5.49. The molecule has 5 nitrogen and oxygen atoms in total. The van der Waals surface area contributed by atoms with Gasteiger partial charge in [0.05, 0.1) is 18.3 Å². The highest BCUT2D eigenvalue weighted by molar-refractivity contribution is 5.93. The molecule has 1 aliphatic rings. The van der Waals surface area contributed by atoms with Gasteiger partial charge < -0.3 is 10.0 Å². The van der Waals surface area contributed by atoms with Gasteiger partial charge in [-0.15, -0.1) is 0 Å². The second-order valence-corrected chi connectivity index (χ2v) is 7.57. The van der Waals surface area contributed by atoms with E-state index >= 15 is 0 Å². The lowest BCUT2D eigenvalue weighted by atomic mass is 9.93. The summed E-state index contributed by atoms with van der Waals surface area (Å²) in [5.74, 6) is -0.0192. The fourth-order valence-electron chi connectivity index (χ4n) is 4.01. The number of nitrogens with zero attached hydrogens (tertiary/aromatic N) is 3. The second kappa shape index (κ2) is 9.18. The summed E-state index contributed by atoms with van der Waals surface area (Å²) in [5, 5.41) is 15.3. The number of hydrogen-bond donors (Lipinski definition) is 1. The molecule has 146 valence electrons. The lowest BCUT2D eigenvalue weighted by Crippen LogP contribution is -2.44. The Labute approximate surface area is 162 Å². The van der Waals surface area contributed by atoms with Gasteiger partial charge in [-0.1, -0.05) is 62.9 Å². The number of amides is 1. The van der Waals surface area contributed by atoms with Gasteiger partial charge in [-0.25, -0.2) is 0 Å². The van der Waals surface area contributed by atoms with Gasteiger partial charge >= 0.3 is 0 Å². The number of benzene rings is 1. The molecule has 1 fully saturated rings. The maximum Gasteiger partial charge on any atom is 0.272 e. The van der Waals surface area contributed by atoms with Crippen molar-refractivity contribution >= 4 is 5.91 Å². The Kier molecular flexibility index (Phi) is 6.67. The molecule has 2 aromatic rings. The van der Waals surface area contributed by atoms with Crippen molar-refractivity contribution < 1.29 is 9.90 Å². The molecule has 0 saturated heterocycles. The Balaban J connectivity index is 1.83. The normalized spacial score (nSPS) is 16.3. The molecule has 27 heavy (non-hydrogen) atoms. The zero-order valence-corrected chi connectivity index (χ0v) is 16.5. The molecule has 1 aromatic carbocycles. The van der Waals surface area contributed by atoms with E-state index in [2.05, 4.69) is 12.0 Å². The molecule has 1 unspecified atom stereocenters. The summed E-state index contributed by atoms with van der Waals surface area (Å²) in [6.45, 7) is 2.43. The van der Waals surface area contributed by atoms with Crippen LogP contribution in [0.25, 0.3) is 0 Å². The van der Waals surface area contributed by atoms with E-state index in [0.717, 1.165) is 49.8 Å². The summed E-state index contributed by atoms with van der Waals surface area (Å²) in [5.41, 5.74) is 2.42. The zero-order chi connectivity index (χ0) is 19.2. The number of carbonyl (C=O) groups is 1. The monoisotopic (exact) mass is 369 g/mol. The van der Waals surface area contributed by atoms with Crippen molar-refractivity contribution in [3.8, 4) is 0 Å². The van der Waals surface area contributed by atoms with E-state index in [4.69, 9.17) is 0 Å². The number of aryl methyl sites for hydroxylation is 2. The molecule has 1 heterocycles. The predicted octanol–water partition coefficient (Wildman–Crippen LogP) is 3.88. The number of aliphatic hydroxyl groups excluding tert-OH is 1. The molecule has 0 aliphatic heterocycles. The van der Waals surface area contributed by atoms with Crippen LogP contribution in [0, 0.1) is 0 Å². The van der Waals surface area contributed by atoms with Crippen molar-refractivity contribution in [2.24, 2.45) is 7.05 Å². The van der Waals surface area contributed by atoms with Crippen molar-refractivity contribution in [1.29, 1.82) is 0 Å². The molecule has 5 heteroatoms. The van der Waals surface area contributed by atoms with Crippen LogP contribution in [0.15, 0.2) is 36.4 Å². The number of aliphatic hydroxyl groups is 1. The van der Waals surface area contributed by atoms with Gasteiger partial charge in [0.2, 0.25) is 0 Å². The van der Waals surface area contributed by atoms with E-state index in [9.17, 15) is 9.90 Å². The molecule has 3 rings (SSSR count). The second-order valence-electron chi connectivity index (χ2n) is 7.57. The van der Waals surface area contributed by atoms with E-state index in [1.165, 1.54) is 6.42 Å². The van der Waals surface area contributed by atoms with Crippen molar-refractivity contribution in [2.75, 3.05) is 6.54 Å². The van der Waals surface area contributed by atoms with Crippen LogP contribution in [-0.4, -0.2) is 38.3 Å². The average Bonchev–Trinajstić information content (AvgIpc) is 3.07. The van der Waals surface area contributed by atoms with Crippen LogP contribution < -0.4 is 0 Å². The minimum Gasteiger partial charge on any atom is -0.387 e. The maximum absolute atomic E-state index is 13.4. The first-order chi connectivity index (χ1) is 13.1. The summed E-state index contributed by atoms with van der Waals surface area (Å²) >= 11 is 0. The molecule has 1 aromatic heterocycles. The van der Waals surface area contributed by atoms with Crippen LogP contribution in [0.5, 0.6) is 0 Å². The summed E-state index contributed by atoms with van der Waals surface area (Å²) in [4.78, 5) is 15.3. The third-order valence-corrected chi connectivity index (χ3v) is 5.49. The molecule has 1 N–H and O–H groups in total. The van der Waals surface area contributed by atoms with Gasteiger partial charge in [0.25, 0.3) is 5.91 Å². The number of hydrogen-bond acceptors (Lipinski definition) is 3. The fraction of sp³-hybridized carbons (Fsp3) is 0.545. The molecule has 1 amide bonds. The lowest BCUT2D eigenvalue weighted by molar-refractivity contribution is 0.0444. The molecule has 0 bridgehead atoms. The van der Waals surface area contributed by atoms with Crippen LogP contribution in [0.4, 0.5) is 0 Å². The molecule has 1 atom stereocenters. The first-order valence-corrected chi connectivity index (χ1v) is 10.2. The molecular weight excluding hydrogens is 338 g/mol. The Morgan fingerprint density at radius 1 is 1.26 bits per heavy atom. The van der Waals surface area contributed by atoms with Crippen LogP contribution in [0.3, 0.4) is 0 Å². The van der Waals surface area contributed by atoms with Gasteiger partial charge in [-0.3, -0.25) is 9.48 Å². The zero-order valence-electron chi connectivity index (χ0n) is 16.5. The Morgan fingerprint density at radius 2 is 1.96 bits per heavy atom. The van der Waals surface area contributed by atoms with Gasteiger partial charge in [0.15, 0.2) is 0 Å². The molecule has 0 spiro atoms. The minimum atomic E-state index is -0.680. The quantitative estimate of drug-likeness (QED) is 0.806. The van der Waals surface area contributed by atoms with E-state index in [1.54, 1.807) is 4.68 Å². The van der Waals surface area contributed by atoms with Crippen molar-refractivity contribution in [2.45, 2.75) is 64.0 Å². The summed E-state index contributed by atoms with van der Waals surface area (Å²) < 4.78 is 1.69. The van der Waals surface area contributed by atoms with E-state index in [-0.39, 0.29) is 11.9 Å². The average molecular weight is 370 g/mol. The van der Waals surface area contributed by atoms with Crippen molar-refractivity contribution in [1.82, 2.24) is 14.7 Å². The van der Waals surface area contributed by atoms with E-state index in [0.29, 0.717) is 12.2 Å². The predicted molar refractivity (Wildman–Crippen MR) is 107 cm³/mol.